The summed E-state index contributed by atoms with van der Waals surface area (Å²) in [5, 5.41) is 0. The molecular formula is C20H19NO4. The molecular weight excluding hydrogens is 318 g/mol. The van der Waals surface area contributed by atoms with E-state index in [4.69, 9.17) is 9.47 Å². The third-order valence-electron chi connectivity index (χ3n) is 4.88. The molecule has 2 atom stereocenters. The van der Waals surface area contributed by atoms with Gasteiger partial charge in [0.1, 0.15) is 5.60 Å². The van der Waals surface area contributed by atoms with Gasteiger partial charge in [-0.25, -0.2) is 4.79 Å². The first-order chi connectivity index (χ1) is 12.0. The lowest BCUT2D eigenvalue weighted by molar-refractivity contribution is -0.144. The predicted octanol–water partition coefficient (Wildman–Crippen LogP) is 3.02. The molecule has 2 aromatic carbocycles. The van der Waals surface area contributed by atoms with Crippen LogP contribution in [0.5, 0.6) is 0 Å². The Morgan fingerprint density at radius 3 is 2.64 bits per heavy atom. The SMILES string of the molecule is CCOC(=O)[C@@H]1O[C@@]1(C)c1ccc(N2Cc3ccccc3C2=O)cc1. The number of benzene rings is 2. The lowest BCUT2D eigenvalue weighted by atomic mass is 9.97. The molecule has 0 aromatic heterocycles. The molecule has 25 heavy (non-hydrogen) atoms. The number of nitrogens with zero attached hydrogens (tertiary/aromatic N) is 1. The Balaban J connectivity index is 1.53. The van der Waals surface area contributed by atoms with Crippen LogP contribution >= 0.6 is 0 Å². The molecule has 2 aliphatic rings. The molecule has 5 heteroatoms. The molecule has 128 valence electrons. The summed E-state index contributed by atoms with van der Waals surface area (Å²) < 4.78 is 10.6. The lowest BCUT2D eigenvalue weighted by Crippen LogP contribution is -2.23. The van der Waals surface area contributed by atoms with E-state index in [-0.39, 0.29) is 11.9 Å². The molecule has 1 saturated heterocycles. The molecule has 2 aliphatic heterocycles. The first-order valence-electron chi connectivity index (χ1n) is 8.39. The number of fused-ring (bicyclic) bond motifs is 1. The zero-order valence-corrected chi connectivity index (χ0v) is 14.2. The molecule has 0 aliphatic carbocycles. The maximum absolute atomic E-state index is 12.5. The van der Waals surface area contributed by atoms with Crippen molar-refractivity contribution in [3.63, 3.8) is 0 Å². The molecule has 1 amide bonds. The number of carbonyl (C=O) groups is 2. The van der Waals surface area contributed by atoms with Gasteiger partial charge in [-0.05, 0) is 43.2 Å². The Hall–Kier alpha value is -2.66. The number of rotatable bonds is 4. The van der Waals surface area contributed by atoms with Crippen molar-refractivity contribution in [1.29, 1.82) is 0 Å². The summed E-state index contributed by atoms with van der Waals surface area (Å²) in [5.74, 6) is -0.319. The average molecular weight is 337 g/mol. The van der Waals surface area contributed by atoms with E-state index in [1.165, 1.54) is 0 Å². The van der Waals surface area contributed by atoms with Gasteiger partial charge in [0.15, 0.2) is 6.10 Å². The van der Waals surface area contributed by atoms with Gasteiger partial charge >= 0.3 is 5.97 Å². The van der Waals surface area contributed by atoms with E-state index in [1.807, 2.05) is 55.5 Å². The Kier molecular flexibility index (Phi) is 3.62. The fourth-order valence-corrected chi connectivity index (χ4v) is 3.36. The summed E-state index contributed by atoms with van der Waals surface area (Å²) in [6.07, 6.45) is -0.559. The van der Waals surface area contributed by atoms with E-state index in [0.29, 0.717) is 13.2 Å². The minimum Gasteiger partial charge on any atom is -0.464 e. The first kappa shape index (κ1) is 15.8. The Morgan fingerprint density at radius 1 is 1.24 bits per heavy atom. The minimum absolute atomic E-state index is 0.0154. The van der Waals surface area contributed by atoms with Gasteiger partial charge in [0.05, 0.1) is 13.2 Å². The molecule has 0 spiro atoms. The second-order valence-electron chi connectivity index (χ2n) is 6.45. The average Bonchev–Trinajstić information content (AvgIpc) is 3.22. The van der Waals surface area contributed by atoms with Gasteiger partial charge in [-0.3, -0.25) is 4.79 Å². The highest BCUT2D eigenvalue weighted by molar-refractivity contribution is 6.09. The highest BCUT2D eigenvalue weighted by atomic mass is 16.7. The van der Waals surface area contributed by atoms with Crippen LogP contribution in [0.4, 0.5) is 5.69 Å². The third kappa shape index (κ3) is 2.51. The summed E-state index contributed by atoms with van der Waals surface area (Å²) in [5.41, 5.74) is 2.88. The Morgan fingerprint density at radius 2 is 1.96 bits per heavy atom. The van der Waals surface area contributed by atoms with Crippen molar-refractivity contribution in [3.05, 3.63) is 65.2 Å². The lowest BCUT2D eigenvalue weighted by Gasteiger charge is -2.17. The molecule has 2 heterocycles. The quantitative estimate of drug-likeness (QED) is 0.636. The van der Waals surface area contributed by atoms with Crippen LogP contribution < -0.4 is 4.90 Å². The summed E-state index contributed by atoms with van der Waals surface area (Å²) in [6, 6.07) is 15.3. The zero-order valence-electron chi connectivity index (χ0n) is 14.2. The van der Waals surface area contributed by atoms with Crippen molar-refractivity contribution < 1.29 is 19.1 Å². The number of carbonyl (C=O) groups excluding carboxylic acids is 2. The second kappa shape index (κ2) is 5.70. The minimum atomic E-state index is -0.650. The van der Waals surface area contributed by atoms with E-state index < -0.39 is 11.7 Å². The van der Waals surface area contributed by atoms with E-state index in [1.54, 1.807) is 11.8 Å². The Bertz CT molecular complexity index is 845. The van der Waals surface area contributed by atoms with Gasteiger partial charge in [0, 0.05) is 11.3 Å². The van der Waals surface area contributed by atoms with Crippen molar-refractivity contribution in [2.45, 2.75) is 32.1 Å². The summed E-state index contributed by atoms with van der Waals surface area (Å²) >= 11 is 0. The fraction of sp³-hybridized carbons (Fsp3) is 0.300. The van der Waals surface area contributed by atoms with Gasteiger partial charge in [0.25, 0.3) is 5.91 Å². The normalized spacial score (nSPS) is 24.2. The van der Waals surface area contributed by atoms with Crippen molar-refractivity contribution >= 4 is 17.6 Å². The van der Waals surface area contributed by atoms with Gasteiger partial charge in [0.2, 0.25) is 0 Å². The maximum Gasteiger partial charge on any atom is 0.338 e. The van der Waals surface area contributed by atoms with Gasteiger partial charge in [-0.2, -0.15) is 0 Å². The van der Waals surface area contributed by atoms with Crippen molar-refractivity contribution in [3.8, 4) is 0 Å². The highest BCUT2D eigenvalue weighted by Crippen LogP contribution is 2.47. The standard InChI is InChI=1S/C20H19NO4/c1-3-24-19(23)17-20(2,25-17)14-8-10-15(11-9-14)21-12-13-6-4-5-7-16(13)18(21)22/h4-11,17H,3,12H2,1-2H3/t17-,20-/m0/s1. The zero-order chi connectivity index (χ0) is 17.6. The van der Waals surface area contributed by atoms with Crippen molar-refractivity contribution in [2.24, 2.45) is 0 Å². The van der Waals surface area contributed by atoms with Gasteiger partial charge in [-0.1, -0.05) is 30.3 Å². The molecule has 2 aromatic rings. The van der Waals surface area contributed by atoms with Crippen LogP contribution in [0.2, 0.25) is 0 Å². The van der Waals surface area contributed by atoms with Crippen LogP contribution in [0, 0.1) is 0 Å². The molecule has 0 bridgehead atoms. The number of epoxide rings is 1. The van der Waals surface area contributed by atoms with E-state index in [2.05, 4.69) is 0 Å². The van der Waals surface area contributed by atoms with E-state index in [0.717, 1.165) is 22.4 Å². The maximum atomic E-state index is 12.5. The number of amides is 1. The highest BCUT2D eigenvalue weighted by Gasteiger charge is 2.59. The topological polar surface area (TPSA) is 59.1 Å². The molecule has 4 rings (SSSR count). The number of ether oxygens (including phenoxy) is 2. The van der Waals surface area contributed by atoms with Crippen LogP contribution in [-0.2, 0) is 26.4 Å². The monoisotopic (exact) mass is 337 g/mol. The first-order valence-corrected chi connectivity index (χ1v) is 8.39. The van der Waals surface area contributed by atoms with Crippen LogP contribution in [0.1, 0.15) is 35.3 Å². The summed E-state index contributed by atoms with van der Waals surface area (Å²) in [4.78, 5) is 26.1. The van der Waals surface area contributed by atoms with Crippen molar-refractivity contribution in [2.75, 3.05) is 11.5 Å². The molecule has 0 N–H and O–H groups in total. The smallest absolute Gasteiger partial charge is 0.338 e. The van der Waals surface area contributed by atoms with Gasteiger partial charge in [-0.15, -0.1) is 0 Å². The summed E-state index contributed by atoms with van der Waals surface area (Å²) in [7, 11) is 0. The van der Waals surface area contributed by atoms with Gasteiger partial charge < -0.3 is 14.4 Å². The molecule has 5 nitrogen and oxygen atoms in total. The molecule has 0 saturated carbocycles. The fourth-order valence-electron chi connectivity index (χ4n) is 3.36. The predicted molar refractivity (Wildman–Crippen MR) is 92.3 cm³/mol. The van der Waals surface area contributed by atoms with Crippen LogP contribution in [0.3, 0.4) is 0 Å². The number of anilines is 1. The van der Waals surface area contributed by atoms with Crippen LogP contribution in [-0.4, -0.2) is 24.6 Å². The number of hydrogen-bond donors (Lipinski definition) is 0. The second-order valence-corrected chi connectivity index (χ2v) is 6.45. The third-order valence-corrected chi connectivity index (χ3v) is 4.88. The van der Waals surface area contributed by atoms with Crippen LogP contribution in [0.15, 0.2) is 48.5 Å². The number of esters is 1. The largest absolute Gasteiger partial charge is 0.464 e. The van der Waals surface area contributed by atoms with E-state index >= 15 is 0 Å². The molecule has 0 radical (unpaired) electrons. The molecule has 1 fully saturated rings. The van der Waals surface area contributed by atoms with E-state index in [9.17, 15) is 9.59 Å². The molecule has 0 unspecified atom stereocenters. The Labute approximate surface area is 146 Å². The summed E-state index contributed by atoms with van der Waals surface area (Å²) in [6.45, 7) is 4.57. The van der Waals surface area contributed by atoms with Crippen LogP contribution in [0.25, 0.3) is 0 Å². The van der Waals surface area contributed by atoms with Crippen molar-refractivity contribution in [1.82, 2.24) is 0 Å². The number of hydrogen-bond acceptors (Lipinski definition) is 4.